The van der Waals surface area contributed by atoms with E-state index in [1.165, 1.54) is 0 Å². The molecule has 0 amide bonds. The minimum Gasteiger partial charge on any atom is -0.330 e. The molecule has 0 saturated carbocycles. The number of aromatic nitrogens is 3. The highest BCUT2D eigenvalue weighted by atomic mass is 15.3. The van der Waals surface area contributed by atoms with Gasteiger partial charge in [-0.2, -0.15) is 0 Å². The molecule has 4 nitrogen and oxygen atoms in total. The van der Waals surface area contributed by atoms with Crippen LogP contribution >= 0.6 is 0 Å². The maximum Gasteiger partial charge on any atom is 0.137 e. The van der Waals surface area contributed by atoms with Crippen LogP contribution in [0.5, 0.6) is 0 Å². The van der Waals surface area contributed by atoms with Gasteiger partial charge >= 0.3 is 0 Å². The van der Waals surface area contributed by atoms with Gasteiger partial charge < -0.3 is 10.3 Å². The Morgan fingerprint density at radius 3 is 2.50 bits per heavy atom. The molecule has 1 heterocycles. The molecule has 0 saturated heterocycles. The lowest BCUT2D eigenvalue weighted by Gasteiger charge is -2.10. The molecule has 0 fully saturated rings. The second-order valence-corrected chi connectivity index (χ2v) is 3.01. The van der Waals surface area contributed by atoms with E-state index in [4.69, 9.17) is 5.73 Å². The van der Waals surface area contributed by atoms with Crippen molar-refractivity contribution in [1.82, 2.24) is 14.8 Å². The quantitative estimate of drug-likeness (QED) is 0.718. The van der Waals surface area contributed by atoms with E-state index < -0.39 is 0 Å². The van der Waals surface area contributed by atoms with Crippen LogP contribution in [-0.4, -0.2) is 21.3 Å². The molecule has 0 aromatic carbocycles. The number of hydrogen-bond acceptors (Lipinski definition) is 3. The third kappa shape index (κ3) is 1.48. The van der Waals surface area contributed by atoms with Gasteiger partial charge in [0.25, 0.3) is 0 Å². The smallest absolute Gasteiger partial charge is 0.137 e. The number of nitrogens with zero attached hydrogens (tertiary/aromatic N) is 3. The van der Waals surface area contributed by atoms with Crippen LogP contribution in [0.25, 0.3) is 0 Å². The molecule has 0 spiro atoms. The Kier molecular flexibility index (Phi) is 2.81. The lowest BCUT2D eigenvalue weighted by Crippen LogP contribution is -2.15. The van der Waals surface area contributed by atoms with Crippen molar-refractivity contribution in [3.05, 3.63) is 11.6 Å². The van der Waals surface area contributed by atoms with Gasteiger partial charge in [0.05, 0.1) is 0 Å². The molecular weight excluding hydrogens is 152 g/mol. The molecule has 68 valence electrons. The Morgan fingerprint density at radius 1 is 1.50 bits per heavy atom. The lowest BCUT2D eigenvalue weighted by atomic mass is 10.1. The van der Waals surface area contributed by atoms with Crippen molar-refractivity contribution >= 4 is 0 Å². The van der Waals surface area contributed by atoms with Crippen molar-refractivity contribution in [3.63, 3.8) is 0 Å². The Morgan fingerprint density at radius 2 is 2.17 bits per heavy atom. The molecule has 1 aromatic heterocycles. The van der Waals surface area contributed by atoms with Gasteiger partial charge in [0.1, 0.15) is 11.6 Å². The summed E-state index contributed by atoms with van der Waals surface area (Å²) in [4.78, 5) is 0. The molecule has 1 atom stereocenters. The van der Waals surface area contributed by atoms with Gasteiger partial charge in [-0.15, -0.1) is 10.2 Å². The molecule has 0 radical (unpaired) electrons. The Bertz CT molecular complexity index is 250. The molecule has 0 bridgehead atoms. The van der Waals surface area contributed by atoms with E-state index in [0.29, 0.717) is 12.5 Å². The monoisotopic (exact) mass is 168 g/mol. The number of aryl methyl sites for hydroxylation is 1. The van der Waals surface area contributed by atoms with Crippen LogP contribution in [0.15, 0.2) is 0 Å². The second-order valence-electron chi connectivity index (χ2n) is 3.01. The van der Waals surface area contributed by atoms with Crippen LogP contribution in [0.3, 0.4) is 0 Å². The van der Waals surface area contributed by atoms with Crippen molar-refractivity contribution in [3.8, 4) is 0 Å². The van der Waals surface area contributed by atoms with E-state index in [2.05, 4.69) is 17.1 Å². The van der Waals surface area contributed by atoms with Crippen LogP contribution < -0.4 is 5.73 Å². The number of hydrogen-bond donors (Lipinski definition) is 1. The standard InChI is InChI=1S/C8H16N4/c1-4-7(5-9)8-11-10-6(2)12(8)3/h7H,4-5,9H2,1-3H3. The van der Waals surface area contributed by atoms with E-state index >= 15 is 0 Å². The van der Waals surface area contributed by atoms with Crippen molar-refractivity contribution in [2.45, 2.75) is 26.2 Å². The highest BCUT2D eigenvalue weighted by Crippen LogP contribution is 2.15. The van der Waals surface area contributed by atoms with Gasteiger partial charge in [0, 0.05) is 19.5 Å². The van der Waals surface area contributed by atoms with Crippen LogP contribution in [-0.2, 0) is 7.05 Å². The highest BCUT2D eigenvalue weighted by Gasteiger charge is 2.14. The van der Waals surface area contributed by atoms with Gasteiger partial charge in [0.15, 0.2) is 0 Å². The van der Waals surface area contributed by atoms with Gasteiger partial charge in [-0.3, -0.25) is 0 Å². The fourth-order valence-corrected chi connectivity index (χ4v) is 1.23. The summed E-state index contributed by atoms with van der Waals surface area (Å²) in [5.41, 5.74) is 5.61. The zero-order valence-corrected chi connectivity index (χ0v) is 7.91. The molecule has 12 heavy (non-hydrogen) atoms. The summed E-state index contributed by atoms with van der Waals surface area (Å²) >= 11 is 0. The first-order valence-electron chi connectivity index (χ1n) is 4.26. The van der Waals surface area contributed by atoms with E-state index in [0.717, 1.165) is 18.1 Å². The zero-order valence-electron chi connectivity index (χ0n) is 7.91. The average molecular weight is 168 g/mol. The van der Waals surface area contributed by atoms with Crippen molar-refractivity contribution in [2.75, 3.05) is 6.54 Å². The van der Waals surface area contributed by atoms with Gasteiger partial charge in [0.2, 0.25) is 0 Å². The van der Waals surface area contributed by atoms with E-state index in [9.17, 15) is 0 Å². The van der Waals surface area contributed by atoms with Gasteiger partial charge in [-0.25, -0.2) is 0 Å². The largest absolute Gasteiger partial charge is 0.330 e. The summed E-state index contributed by atoms with van der Waals surface area (Å²) in [7, 11) is 1.98. The third-order valence-corrected chi connectivity index (χ3v) is 2.27. The first-order valence-corrected chi connectivity index (χ1v) is 4.26. The minimum atomic E-state index is 0.344. The van der Waals surface area contributed by atoms with Gasteiger partial charge in [-0.1, -0.05) is 6.92 Å². The zero-order chi connectivity index (χ0) is 9.14. The summed E-state index contributed by atoms with van der Waals surface area (Å²) in [6, 6.07) is 0. The fourth-order valence-electron chi connectivity index (χ4n) is 1.23. The molecule has 1 unspecified atom stereocenters. The van der Waals surface area contributed by atoms with Crippen molar-refractivity contribution in [1.29, 1.82) is 0 Å². The third-order valence-electron chi connectivity index (χ3n) is 2.27. The van der Waals surface area contributed by atoms with Crippen LogP contribution in [0, 0.1) is 6.92 Å². The van der Waals surface area contributed by atoms with E-state index in [1.54, 1.807) is 0 Å². The minimum absolute atomic E-state index is 0.344. The lowest BCUT2D eigenvalue weighted by molar-refractivity contribution is 0.598. The van der Waals surface area contributed by atoms with Crippen molar-refractivity contribution in [2.24, 2.45) is 12.8 Å². The topological polar surface area (TPSA) is 56.7 Å². The fraction of sp³-hybridized carbons (Fsp3) is 0.750. The summed E-state index contributed by atoms with van der Waals surface area (Å²) in [5, 5.41) is 8.08. The van der Waals surface area contributed by atoms with Crippen molar-refractivity contribution < 1.29 is 0 Å². The van der Waals surface area contributed by atoms with Crippen LogP contribution in [0.1, 0.15) is 30.9 Å². The van der Waals surface area contributed by atoms with Gasteiger partial charge in [-0.05, 0) is 13.3 Å². The maximum atomic E-state index is 5.61. The van der Waals surface area contributed by atoms with E-state index in [-0.39, 0.29) is 0 Å². The molecule has 0 aliphatic carbocycles. The summed E-state index contributed by atoms with van der Waals surface area (Å²) in [6.45, 7) is 4.70. The molecule has 0 aliphatic rings. The first kappa shape index (κ1) is 9.19. The maximum absolute atomic E-state index is 5.61. The Balaban J connectivity index is 2.93. The second kappa shape index (κ2) is 3.67. The average Bonchev–Trinajstić information content (AvgIpc) is 2.38. The predicted octanol–water partition coefficient (Wildman–Crippen LogP) is 0.576. The van der Waals surface area contributed by atoms with Crippen LogP contribution in [0.2, 0.25) is 0 Å². The normalized spacial score (nSPS) is 13.3. The van der Waals surface area contributed by atoms with Crippen LogP contribution in [0.4, 0.5) is 0 Å². The van der Waals surface area contributed by atoms with E-state index in [1.807, 2.05) is 18.5 Å². The number of rotatable bonds is 3. The molecule has 1 rings (SSSR count). The Labute approximate surface area is 72.8 Å². The summed E-state index contributed by atoms with van der Waals surface area (Å²) < 4.78 is 2.00. The number of nitrogens with two attached hydrogens (primary N) is 1. The SMILES string of the molecule is CCC(CN)c1nnc(C)n1C. The summed E-state index contributed by atoms with van der Waals surface area (Å²) in [6.07, 6.45) is 1.02. The molecule has 0 aliphatic heterocycles. The molecule has 2 N–H and O–H groups in total. The molecule has 4 heteroatoms. The first-order chi connectivity index (χ1) is 5.70. The predicted molar refractivity (Wildman–Crippen MR) is 47.8 cm³/mol. The highest BCUT2D eigenvalue weighted by molar-refractivity contribution is 5.00. The summed E-state index contributed by atoms with van der Waals surface area (Å²) in [5.74, 6) is 2.28. The Hall–Kier alpha value is -0.900. The molecule has 1 aromatic rings. The molecular formula is C8H16N4.